The van der Waals surface area contributed by atoms with Gasteiger partial charge in [-0.05, 0) is 63.8 Å². The molecule has 0 amide bonds. The molecule has 0 unspecified atom stereocenters. The van der Waals surface area contributed by atoms with Crippen LogP contribution in [0.15, 0.2) is 24.3 Å². The molecule has 1 aromatic rings. The maximum absolute atomic E-state index is 11.9. The molecule has 21 heavy (non-hydrogen) atoms. The monoisotopic (exact) mass is 291 g/mol. The van der Waals surface area contributed by atoms with Crippen molar-refractivity contribution >= 4 is 5.97 Å². The summed E-state index contributed by atoms with van der Waals surface area (Å²) < 4.78 is 10.9. The van der Waals surface area contributed by atoms with Gasteiger partial charge in [0.15, 0.2) is 5.60 Å². The Kier molecular flexibility index (Phi) is 5.23. The largest absolute Gasteiger partial charge is 0.476 e. The molecule has 1 aliphatic heterocycles. The van der Waals surface area contributed by atoms with E-state index in [0.29, 0.717) is 12.5 Å². The lowest BCUT2D eigenvalue weighted by atomic mass is 9.91. The molecule has 1 atom stereocenters. The maximum Gasteiger partial charge on any atom is 0.349 e. The van der Waals surface area contributed by atoms with Crippen LogP contribution in [0.2, 0.25) is 0 Å². The SMILES string of the molecule is CCOC(=O)C(C)(C)Oc1cccc([C@H]2CCCNC2)c1. The van der Waals surface area contributed by atoms with Gasteiger partial charge in [0.05, 0.1) is 6.61 Å². The molecule has 1 heterocycles. The van der Waals surface area contributed by atoms with Crippen molar-refractivity contribution in [1.82, 2.24) is 5.32 Å². The second-order valence-corrected chi connectivity index (χ2v) is 5.95. The summed E-state index contributed by atoms with van der Waals surface area (Å²) in [6.45, 7) is 7.73. The van der Waals surface area contributed by atoms with E-state index in [9.17, 15) is 4.79 Å². The van der Waals surface area contributed by atoms with Crippen molar-refractivity contribution in [3.05, 3.63) is 29.8 Å². The Hall–Kier alpha value is -1.55. The van der Waals surface area contributed by atoms with Crippen LogP contribution >= 0.6 is 0 Å². The number of carbonyl (C=O) groups is 1. The van der Waals surface area contributed by atoms with Gasteiger partial charge >= 0.3 is 5.97 Å². The fraction of sp³-hybridized carbons (Fsp3) is 0.588. The molecule has 0 bridgehead atoms. The van der Waals surface area contributed by atoms with E-state index in [4.69, 9.17) is 9.47 Å². The number of esters is 1. The Labute approximate surface area is 126 Å². The minimum Gasteiger partial charge on any atom is -0.476 e. The lowest BCUT2D eigenvalue weighted by Gasteiger charge is -2.26. The molecule has 1 aromatic carbocycles. The number of carbonyl (C=O) groups excluding carboxylic acids is 1. The van der Waals surface area contributed by atoms with Crippen molar-refractivity contribution in [2.45, 2.75) is 45.1 Å². The first-order valence-electron chi connectivity index (χ1n) is 7.70. The van der Waals surface area contributed by atoms with Gasteiger partial charge < -0.3 is 14.8 Å². The smallest absolute Gasteiger partial charge is 0.349 e. The molecule has 0 saturated carbocycles. The Morgan fingerprint density at radius 1 is 1.43 bits per heavy atom. The van der Waals surface area contributed by atoms with Crippen molar-refractivity contribution in [3.8, 4) is 5.75 Å². The van der Waals surface area contributed by atoms with Crippen molar-refractivity contribution in [3.63, 3.8) is 0 Å². The average Bonchev–Trinajstić information content (AvgIpc) is 2.48. The van der Waals surface area contributed by atoms with Crippen LogP contribution < -0.4 is 10.1 Å². The standard InChI is InChI=1S/C17H25NO3/c1-4-20-16(19)17(2,3)21-15-9-5-7-13(11-15)14-8-6-10-18-12-14/h5,7,9,11,14,18H,4,6,8,10,12H2,1-3H3/t14-/m0/s1. The zero-order chi connectivity index (χ0) is 15.3. The van der Waals surface area contributed by atoms with Crippen LogP contribution in [0.3, 0.4) is 0 Å². The molecule has 4 nitrogen and oxygen atoms in total. The summed E-state index contributed by atoms with van der Waals surface area (Å²) in [4.78, 5) is 11.9. The van der Waals surface area contributed by atoms with Gasteiger partial charge in [-0.1, -0.05) is 12.1 Å². The summed E-state index contributed by atoms with van der Waals surface area (Å²) in [5.74, 6) is 0.902. The molecule has 2 rings (SSSR count). The molecule has 0 aromatic heterocycles. The predicted octanol–water partition coefficient (Wildman–Crippen LogP) is 2.87. The molecule has 116 valence electrons. The van der Waals surface area contributed by atoms with E-state index < -0.39 is 5.60 Å². The number of hydrogen-bond donors (Lipinski definition) is 1. The normalized spacial score (nSPS) is 19.1. The van der Waals surface area contributed by atoms with Gasteiger partial charge in [-0.3, -0.25) is 0 Å². The van der Waals surface area contributed by atoms with Crippen LogP contribution in [0.4, 0.5) is 0 Å². The molecule has 1 N–H and O–H groups in total. The molecule has 0 radical (unpaired) electrons. The highest BCUT2D eigenvalue weighted by atomic mass is 16.6. The zero-order valence-electron chi connectivity index (χ0n) is 13.1. The third kappa shape index (κ3) is 4.21. The number of ether oxygens (including phenoxy) is 2. The van der Waals surface area contributed by atoms with E-state index in [1.165, 1.54) is 18.4 Å². The minimum atomic E-state index is -0.973. The second kappa shape index (κ2) is 6.94. The minimum absolute atomic E-state index is 0.338. The fourth-order valence-corrected chi connectivity index (χ4v) is 2.61. The highest BCUT2D eigenvalue weighted by Gasteiger charge is 2.31. The summed E-state index contributed by atoms with van der Waals surface area (Å²) in [5, 5.41) is 3.42. The summed E-state index contributed by atoms with van der Waals surface area (Å²) in [6, 6.07) is 8.04. The fourth-order valence-electron chi connectivity index (χ4n) is 2.61. The predicted molar refractivity (Wildman–Crippen MR) is 82.6 cm³/mol. The van der Waals surface area contributed by atoms with E-state index in [0.717, 1.165) is 18.8 Å². The molecule has 1 aliphatic rings. The van der Waals surface area contributed by atoms with Crippen molar-refractivity contribution in [2.24, 2.45) is 0 Å². The zero-order valence-corrected chi connectivity index (χ0v) is 13.1. The number of benzene rings is 1. The topological polar surface area (TPSA) is 47.6 Å². The van der Waals surface area contributed by atoms with Gasteiger partial charge in [-0.25, -0.2) is 4.79 Å². The molecular formula is C17H25NO3. The summed E-state index contributed by atoms with van der Waals surface area (Å²) in [6.07, 6.45) is 2.39. The molecular weight excluding hydrogens is 266 g/mol. The van der Waals surface area contributed by atoms with Crippen molar-refractivity contribution < 1.29 is 14.3 Å². The second-order valence-electron chi connectivity index (χ2n) is 5.95. The van der Waals surface area contributed by atoms with E-state index in [1.807, 2.05) is 18.2 Å². The highest BCUT2D eigenvalue weighted by Crippen LogP contribution is 2.28. The van der Waals surface area contributed by atoms with E-state index in [-0.39, 0.29) is 5.97 Å². The quantitative estimate of drug-likeness (QED) is 0.847. The van der Waals surface area contributed by atoms with Crippen LogP contribution in [0, 0.1) is 0 Å². The van der Waals surface area contributed by atoms with Gasteiger partial charge in [0.1, 0.15) is 5.75 Å². The molecule has 1 saturated heterocycles. The first kappa shape index (κ1) is 15.8. The third-order valence-corrected chi connectivity index (χ3v) is 3.77. The summed E-state index contributed by atoms with van der Waals surface area (Å²) in [5.41, 5.74) is 0.291. The first-order valence-corrected chi connectivity index (χ1v) is 7.70. The van der Waals surface area contributed by atoms with Gasteiger partial charge in [0.25, 0.3) is 0 Å². The molecule has 0 spiro atoms. The van der Waals surface area contributed by atoms with Crippen LogP contribution in [-0.4, -0.2) is 31.3 Å². The number of hydrogen-bond acceptors (Lipinski definition) is 4. The van der Waals surface area contributed by atoms with Gasteiger partial charge in [0, 0.05) is 6.54 Å². The number of piperidine rings is 1. The molecule has 4 heteroatoms. The van der Waals surface area contributed by atoms with Crippen LogP contribution in [-0.2, 0) is 9.53 Å². The van der Waals surface area contributed by atoms with Gasteiger partial charge in [0.2, 0.25) is 0 Å². The van der Waals surface area contributed by atoms with E-state index in [2.05, 4.69) is 11.4 Å². The third-order valence-electron chi connectivity index (χ3n) is 3.77. The Morgan fingerprint density at radius 3 is 2.90 bits per heavy atom. The van der Waals surface area contributed by atoms with Crippen LogP contribution in [0.1, 0.15) is 45.1 Å². The van der Waals surface area contributed by atoms with E-state index >= 15 is 0 Å². The molecule has 1 fully saturated rings. The number of nitrogens with one attached hydrogen (secondary N) is 1. The lowest BCUT2D eigenvalue weighted by Crippen LogP contribution is -2.39. The average molecular weight is 291 g/mol. The highest BCUT2D eigenvalue weighted by molar-refractivity contribution is 5.79. The lowest BCUT2D eigenvalue weighted by molar-refractivity contribution is -0.158. The number of rotatable bonds is 5. The van der Waals surface area contributed by atoms with Gasteiger partial charge in [-0.15, -0.1) is 0 Å². The van der Waals surface area contributed by atoms with E-state index in [1.54, 1.807) is 20.8 Å². The Balaban J connectivity index is 2.08. The summed E-state index contributed by atoms with van der Waals surface area (Å²) in [7, 11) is 0. The van der Waals surface area contributed by atoms with Crippen LogP contribution in [0.5, 0.6) is 5.75 Å². The molecule has 0 aliphatic carbocycles. The van der Waals surface area contributed by atoms with Gasteiger partial charge in [-0.2, -0.15) is 0 Å². The summed E-state index contributed by atoms with van der Waals surface area (Å²) >= 11 is 0. The Morgan fingerprint density at radius 2 is 2.24 bits per heavy atom. The maximum atomic E-state index is 11.9. The van der Waals surface area contributed by atoms with Crippen LogP contribution in [0.25, 0.3) is 0 Å². The van der Waals surface area contributed by atoms with Crippen molar-refractivity contribution in [1.29, 1.82) is 0 Å². The van der Waals surface area contributed by atoms with Crippen molar-refractivity contribution in [2.75, 3.05) is 19.7 Å². The first-order chi connectivity index (χ1) is 10.0. The Bertz CT molecular complexity index is 479.